The molecule has 0 radical (unpaired) electrons. The van der Waals surface area contributed by atoms with Crippen molar-refractivity contribution in [3.05, 3.63) is 0 Å². The summed E-state index contributed by atoms with van der Waals surface area (Å²) in [4.78, 5) is 16.5. The molecule has 5 nitrogen and oxygen atoms in total. The molecule has 1 saturated heterocycles. The van der Waals surface area contributed by atoms with E-state index in [0.717, 1.165) is 26.1 Å². The maximum absolute atomic E-state index is 11.8. The third kappa shape index (κ3) is 5.77. The lowest BCUT2D eigenvalue weighted by Crippen LogP contribution is -2.48. The number of likely N-dealkylation sites (tertiary alicyclic amines) is 1. The fourth-order valence-electron chi connectivity index (χ4n) is 2.78. The molecular weight excluding hydrogens is 254 g/mol. The summed E-state index contributed by atoms with van der Waals surface area (Å²) in [6, 6.07) is 0.730. The smallest absolute Gasteiger partial charge is 0.322 e. The average Bonchev–Trinajstić information content (AvgIpc) is 2.42. The first-order chi connectivity index (χ1) is 9.43. The number of rotatable bonds is 7. The van der Waals surface area contributed by atoms with Gasteiger partial charge >= 0.3 is 5.97 Å². The Hall–Kier alpha value is -0.650. The number of carbonyl (C=O) groups excluding carboxylic acids is 1. The molecule has 20 heavy (non-hydrogen) atoms. The van der Waals surface area contributed by atoms with Crippen molar-refractivity contribution in [3.8, 4) is 0 Å². The molecule has 2 atom stereocenters. The molecule has 0 saturated carbocycles. The van der Waals surface area contributed by atoms with E-state index in [4.69, 9.17) is 4.74 Å². The molecule has 1 aliphatic heterocycles. The molecule has 0 aliphatic carbocycles. The van der Waals surface area contributed by atoms with E-state index in [1.807, 2.05) is 0 Å². The Labute approximate surface area is 123 Å². The van der Waals surface area contributed by atoms with Crippen molar-refractivity contribution in [1.82, 2.24) is 15.1 Å². The normalized spacial score (nSPS) is 22.2. The zero-order valence-electron chi connectivity index (χ0n) is 13.7. The standard InChI is InChI=1S/C15H31N3O2/c1-12(2)16-14(15(19)20-5)8-10-18-9-6-7-13(11-18)17(3)4/h12-14,16H,6-11H2,1-5H3. The Balaban J connectivity index is 2.43. The zero-order valence-corrected chi connectivity index (χ0v) is 13.7. The summed E-state index contributed by atoms with van der Waals surface area (Å²) in [6.07, 6.45) is 3.32. The summed E-state index contributed by atoms with van der Waals surface area (Å²) in [7, 11) is 5.75. The lowest BCUT2D eigenvalue weighted by Gasteiger charge is -2.36. The molecule has 0 amide bonds. The largest absolute Gasteiger partial charge is 0.468 e. The van der Waals surface area contributed by atoms with Crippen molar-refractivity contribution < 1.29 is 9.53 Å². The highest BCUT2D eigenvalue weighted by Crippen LogP contribution is 2.14. The Bertz CT molecular complexity index is 295. The summed E-state index contributed by atoms with van der Waals surface area (Å²) in [5.41, 5.74) is 0. The van der Waals surface area contributed by atoms with Crippen molar-refractivity contribution in [2.45, 2.75) is 51.2 Å². The molecular formula is C15H31N3O2. The van der Waals surface area contributed by atoms with Gasteiger partial charge in [-0.1, -0.05) is 13.8 Å². The predicted octanol–water partition coefficient (Wildman–Crippen LogP) is 0.942. The molecule has 0 spiro atoms. The van der Waals surface area contributed by atoms with Crippen LogP contribution in [0.25, 0.3) is 0 Å². The summed E-state index contributed by atoms with van der Waals surface area (Å²) in [6.45, 7) is 7.30. The van der Waals surface area contributed by atoms with Gasteiger partial charge in [0.25, 0.3) is 0 Å². The minimum absolute atomic E-state index is 0.153. The van der Waals surface area contributed by atoms with Gasteiger partial charge in [-0.25, -0.2) is 0 Å². The van der Waals surface area contributed by atoms with Gasteiger partial charge in [-0.15, -0.1) is 0 Å². The number of ether oxygens (including phenoxy) is 1. The van der Waals surface area contributed by atoms with Crippen molar-refractivity contribution in [1.29, 1.82) is 0 Å². The van der Waals surface area contributed by atoms with Gasteiger partial charge in [0.15, 0.2) is 0 Å². The molecule has 2 unspecified atom stereocenters. The Morgan fingerprint density at radius 3 is 2.70 bits per heavy atom. The van der Waals surface area contributed by atoms with Crippen molar-refractivity contribution in [2.24, 2.45) is 0 Å². The minimum atomic E-state index is -0.195. The molecule has 0 bridgehead atoms. The van der Waals surface area contributed by atoms with Crippen molar-refractivity contribution in [2.75, 3.05) is 40.8 Å². The van der Waals surface area contributed by atoms with Crippen molar-refractivity contribution >= 4 is 5.97 Å². The number of nitrogens with zero attached hydrogens (tertiary/aromatic N) is 2. The molecule has 0 aromatic rings. The molecule has 1 fully saturated rings. The maximum Gasteiger partial charge on any atom is 0.322 e. The SMILES string of the molecule is COC(=O)C(CCN1CCCC(N(C)C)C1)NC(C)C. The second kappa shape index (κ2) is 8.60. The van der Waals surface area contributed by atoms with Crippen LogP contribution >= 0.6 is 0 Å². The van der Waals surface area contributed by atoms with E-state index in [2.05, 4.69) is 43.1 Å². The lowest BCUT2D eigenvalue weighted by atomic mass is 10.0. The van der Waals surface area contributed by atoms with E-state index < -0.39 is 0 Å². The van der Waals surface area contributed by atoms with Gasteiger partial charge in [-0.3, -0.25) is 4.79 Å². The third-order valence-corrected chi connectivity index (χ3v) is 3.97. The van der Waals surface area contributed by atoms with E-state index in [1.165, 1.54) is 20.0 Å². The second-order valence-corrected chi connectivity index (χ2v) is 6.25. The molecule has 1 rings (SSSR count). The van der Waals surface area contributed by atoms with E-state index in [1.54, 1.807) is 0 Å². The predicted molar refractivity (Wildman–Crippen MR) is 81.8 cm³/mol. The Morgan fingerprint density at radius 1 is 1.45 bits per heavy atom. The number of esters is 1. The summed E-state index contributed by atoms with van der Waals surface area (Å²) >= 11 is 0. The Morgan fingerprint density at radius 2 is 2.15 bits per heavy atom. The van der Waals surface area contributed by atoms with E-state index in [0.29, 0.717) is 6.04 Å². The van der Waals surface area contributed by atoms with Gasteiger partial charge in [0.05, 0.1) is 7.11 Å². The van der Waals surface area contributed by atoms with Crippen LogP contribution in [-0.2, 0) is 9.53 Å². The van der Waals surface area contributed by atoms with Crippen LogP contribution in [0, 0.1) is 0 Å². The van der Waals surface area contributed by atoms with Gasteiger partial charge in [0.1, 0.15) is 6.04 Å². The Kier molecular flexibility index (Phi) is 7.48. The highest BCUT2D eigenvalue weighted by Gasteiger charge is 2.24. The van der Waals surface area contributed by atoms with E-state index in [9.17, 15) is 4.79 Å². The van der Waals surface area contributed by atoms with E-state index in [-0.39, 0.29) is 18.1 Å². The van der Waals surface area contributed by atoms with Gasteiger partial charge in [-0.05, 0) is 39.9 Å². The maximum atomic E-state index is 11.8. The summed E-state index contributed by atoms with van der Waals surface area (Å²) in [5.74, 6) is -0.153. The fourth-order valence-corrected chi connectivity index (χ4v) is 2.78. The molecule has 1 aliphatic rings. The van der Waals surface area contributed by atoms with E-state index >= 15 is 0 Å². The van der Waals surface area contributed by atoms with Crippen LogP contribution in [0.4, 0.5) is 0 Å². The van der Waals surface area contributed by atoms with Gasteiger partial charge < -0.3 is 19.9 Å². The summed E-state index contributed by atoms with van der Waals surface area (Å²) < 4.78 is 4.88. The molecule has 0 aromatic heterocycles. The van der Waals surface area contributed by atoms with Crippen LogP contribution < -0.4 is 5.32 Å². The van der Waals surface area contributed by atoms with Gasteiger partial charge in [0, 0.05) is 25.2 Å². The topological polar surface area (TPSA) is 44.8 Å². The molecule has 0 aromatic carbocycles. The number of likely N-dealkylation sites (N-methyl/N-ethyl adjacent to an activating group) is 1. The average molecular weight is 285 g/mol. The third-order valence-electron chi connectivity index (χ3n) is 3.97. The number of carbonyl (C=O) groups is 1. The van der Waals surface area contributed by atoms with Crippen LogP contribution in [0.1, 0.15) is 33.1 Å². The first-order valence-electron chi connectivity index (χ1n) is 7.66. The van der Waals surface area contributed by atoms with Crippen LogP contribution in [0.15, 0.2) is 0 Å². The first kappa shape index (κ1) is 17.4. The lowest BCUT2D eigenvalue weighted by molar-refractivity contribution is -0.143. The second-order valence-electron chi connectivity index (χ2n) is 6.25. The van der Waals surface area contributed by atoms with Crippen LogP contribution in [0.3, 0.4) is 0 Å². The number of hydrogen-bond acceptors (Lipinski definition) is 5. The molecule has 1 N–H and O–H groups in total. The van der Waals surface area contributed by atoms with Crippen LogP contribution in [0.5, 0.6) is 0 Å². The number of nitrogens with one attached hydrogen (secondary N) is 1. The fraction of sp³-hybridized carbons (Fsp3) is 0.933. The van der Waals surface area contributed by atoms with Gasteiger partial charge in [-0.2, -0.15) is 0 Å². The molecule has 1 heterocycles. The number of piperidine rings is 1. The highest BCUT2D eigenvalue weighted by atomic mass is 16.5. The highest BCUT2D eigenvalue weighted by molar-refractivity contribution is 5.75. The number of methoxy groups -OCH3 is 1. The van der Waals surface area contributed by atoms with Crippen LogP contribution in [-0.4, -0.2) is 74.7 Å². The number of hydrogen-bond donors (Lipinski definition) is 1. The monoisotopic (exact) mass is 285 g/mol. The zero-order chi connectivity index (χ0) is 15.1. The van der Waals surface area contributed by atoms with Crippen molar-refractivity contribution in [3.63, 3.8) is 0 Å². The van der Waals surface area contributed by atoms with Gasteiger partial charge in [0.2, 0.25) is 0 Å². The summed E-state index contributed by atoms with van der Waals surface area (Å²) in [5, 5.41) is 3.29. The molecule has 5 heteroatoms. The quantitative estimate of drug-likeness (QED) is 0.705. The minimum Gasteiger partial charge on any atom is -0.468 e. The first-order valence-corrected chi connectivity index (χ1v) is 7.66. The molecule has 118 valence electrons. The van der Waals surface area contributed by atoms with Crippen LogP contribution in [0.2, 0.25) is 0 Å².